The summed E-state index contributed by atoms with van der Waals surface area (Å²) in [6.07, 6.45) is 5.65. The molecule has 11 rings (SSSR count). The van der Waals surface area contributed by atoms with Gasteiger partial charge < -0.3 is 107 Å². The molecule has 0 spiro atoms. The van der Waals surface area contributed by atoms with Crippen molar-refractivity contribution in [2.45, 2.75) is 89.4 Å². The molecule has 5 amide bonds. The van der Waals surface area contributed by atoms with Crippen molar-refractivity contribution in [3.8, 4) is 17.2 Å². The summed E-state index contributed by atoms with van der Waals surface area (Å²) in [6, 6.07) is 4.66. The van der Waals surface area contributed by atoms with Crippen LogP contribution in [-0.4, -0.2) is 189 Å². The summed E-state index contributed by atoms with van der Waals surface area (Å²) in [5.74, 6) is -8.48. The molecule has 4 N–H and O–H groups in total. The molecule has 6 aliphatic rings. The van der Waals surface area contributed by atoms with Gasteiger partial charge in [0.05, 0.1) is 70.3 Å². The molecule has 24 nitrogen and oxygen atoms in total. The summed E-state index contributed by atoms with van der Waals surface area (Å²) in [4.78, 5) is 119. The second kappa shape index (κ2) is 30.1. The zero-order valence-corrected chi connectivity index (χ0v) is 53.4. The predicted octanol–water partition coefficient (Wildman–Crippen LogP) is -2.57. The molecule has 0 radical (unpaired) electrons. The van der Waals surface area contributed by atoms with E-state index in [2.05, 4.69) is 10.6 Å². The topological polar surface area (TPSA) is 289 Å². The molecule has 474 valence electrons. The van der Waals surface area contributed by atoms with E-state index >= 15 is 0 Å². The molecular weight excluding hydrogens is 1320 g/mol. The Bertz CT molecular complexity index is 3740. The van der Waals surface area contributed by atoms with Crippen molar-refractivity contribution in [1.82, 2.24) is 39.0 Å². The third-order valence-electron chi connectivity index (χ3n) is 16.2. The van der Waals surface area contributed by atoms with Crippen molar-refractivity contribution >= 4 is 58.6 Å². The first-order chi connectivity index (χ1) is 41.2. The molecule has 3 saturated heterocycles. The Morgan fingerprint density at radius 1 is 0.539 bits per heavy atom. The van der Waals surface area contributed by atoms with E-state index in [1.165, 1.54) is 49.5 Å². The number of amides is 5. The van der Waals surface area contributed by atoms with E-state index in [1.807, 2.05) is 13.8 Å². The fourth-order valence-corrected chi connectivity index (χ4v) is 12.0. The van der Waals surface area contributed by atoms with Gasteiger partial charge in [-0.05, 0) is 52.2 Å². The minimum Gasteiger partial charge on any atom is -1.00 e. The molecule has 9 heterocycles. The van der Waals surface area contributed by atoms with Gasteiger partial charge in [0.2, 0.25) is 16.3 Å². The molecular formula is C58H62Br2F4MgN8O16. The summed E-state index contributed by atoms with van der Waals surface area (Å²) in [5, 5.41) is 24.7. The van der Waals surface area contributed by atoms with E-state index in [4.69, 9.17) is 23.7 Å². The van der Waals surface area contributed by atoms with Crippen molar-refractivity contribution in [1.29, 1.82) is 0 Å². The monoisotopic (exact) mass is 1380 g/mol. The molecule has 31 heteroatoms. The second-order valence-corrected chi connectivity index (χ2v) is 20.7. The number of carbonyl (C=O) groups excluding carboxylic acids is 5. The quantitative estimate of drug-likeness (QED) is 0.0738. The maximum absolute atomic E-state index is 13.9. The fourth-order valence-electron chi connectivity index (χ4n) is 12.0. The molecule has 2 aromatic carbocycles. The number of fused-ring (bicyclic) bond motifs is 9. The molecule has 0 aliphatic carbocycles. The summed E-state index contributed by atoms with van der Waals surface area (Å²) >= 11 is 0. The average molecular weight is 1390 g/mol. The van der Waals surface area contributed by atoms with Gasteiger partial charge in [0.15, 0.2) is 34.3 Å². The van der Waals surface area contributed by atoms with E-state index in [0.29, 0.717) is 90.7 Å². The van der Waals surface area contributed by atoms with E-state index < -0.39 is 74.6 Å². The number of benzene rings is 2. The van der Waals surface area contributed by atoms with Crippen LogP contribution >= 0.6 is 0 Å². The van der Waals surface area contributed by atoms with Crippen molar-refractivity contribution in [3.63, 3.8) is 0 Å². The zero-order valence-electron chi connectivity index (χ0n) is 48.8. The van der Waals surface area contributed by atoms with Crippen LogP contribution in [-0.2, 0) is 27.3 Å². The van der Waals surface area contributed by atoms with Gasteiger partial charge in [-0.1, -0.05) is 12.1 Å². The number of rotatable bonds is 12. The van der Waals surface area contributed by atoms with Crippen LogP contribution in [0.1, 0.15) is 132 Å². The molecule has 89 heavy (non-hydrogen) atoms. The number of carboxylic acid groups (broad SMARTS) is 1. The van der Waals surface area contributed by atoms with Gasteiger partial charge in [-0.3, -0.25) is 38.4 Å². The number of methoxy groups -OCH3 is 2. The van der Waals surface area contributed by atoms with Crippen molar-refractivity contribution < 1.29 is 114 Å². The predicted molar refractivity (Wildman–Crippen MR) is 300 cm³/mol. The normalized spacial score (nSPS) is 20.2. The Morgan fingerprint density at radius 3 is 1.22 bits per heavy atom. The van der Waals surface area contributed by atoms with Crippen LogP contribution in [0.25, 0.3) is 0 Å². The number of nitrogens with zero attached hydrogens (tertiary/aromatic N) is 6. The number of pyridine rings is 3. The SMILES string of the molecule is CCN1C(=O)c2c(O)c(=O)c(C(=O)NCc3ccc(F)cc3F)cn2[C@H]2CCOC[C@H]21.CCN1C(=O)c2c(OC)c(=O)c(C(=O)NCc3ccc(F)cc3F)cn2[C@H]2CCOC[C@H]21.CCN1C(=O)c2c(OC)c(=O)c(C(=O)O)cn2[C@H]2CCOC[C@H]21.[Br-].[Br-].[Mg+2]. The van der Waals surface area contributed by atoms with Crippen LogP contribution in [0.5, 0.6) is 17.2 Å². The number of aromatic carboxylic acids is 1. The Balaban J connectivity index is 0.000000212. The van der Waals surface area contributed by atoms with Crippen LogP contribution in [0, 0.1) is 23.3 Å². The number of hydrogen-bond donors (Lipinski definition) is 4. The Labute approximate surface area is 542 Å². The summed E-state index contributed by atoms with van der Waals surface area (Å²) in [6.45, 7) is 8.74. The van der Waals surface area contributed by atoms with Crippen molar-refractivity contribution in [2.24, 2.45) is 0 Å². The number of hydrogen-bond acceptors (Lipinski definition) is 15. The second-order valence-electron chi connectivity index (χ2n) is 20.7. The van der Waals surface area contributed by atoms with Crippen LogP contribution in [0.4, 0.5) is 17.6 Å². The molecule has 5 aromatic rings. The first kappa shape index (κ1) is 70.9. The number of aromatic nitrogens is 3. The van der Waals surface area contributed by atoms with Gasteiger partial charge in [-0.2, -0.15) is 0 Å². The molecule has 3 aromatic heterocycles. The van der Waals surface area contributed by atoms with Crippen molar-refractivity contribution in [2.75, 3.05) is 73.5 Å². The van der Waals surface area contributed by atoms with E-state index in [1.54, 1.807) is 30.8 Å². The van der Waals surface area contributed by atoms with Gasteiger partial charge in [-0.15, -0.1) is 0 Å². The fraction of sp³-hybridized carbons (Fsp3) is 0.431. The zero-order chi connectivity index (χ0) is 62.0. The molecule has 6 atom stereocenters. The minimum absolute atomic E-state index is 0. The van der Waals surface area contributed by atoms with E-state index in [9.17, 15) is 70.9 Å². The maximum atomic E-state index is 13.9. The maximum Gasteiger partial charge on any atom is 2.00 e. The van der Waals surface area contributed by atoms with Gasteiger partial charge in [0, 0.05) is 94.4 Å². The molecule has 6 aliphatic heterocycles. The summed E-state index contributed by atoms with van der Waals surface area (Å²) in [7, 11) is 2.54. The van der Waals surface area contributed by atoms with Crippen LogP contribution < -0.4 is 70.4 Å². The standard InChI is InChI=1S/C22H23F2N3O5.C21H21F2N3O5.C15H18N2O6.2BrH.Mg/c1-3-26-17-11-32-7-6-16(17)27-10-14(19(28)20(31-2)18(27)22(26)30)21(29)25-9-12-4-5-13(23)8-15(12)24;1-2-25-16-10-31-6-5-15(16)26-9-13(18(27)19(28)17(26)21(25)30)20(29)24-8-11-3-4-12(22)7-14(11)23;1-3-16-10-7-23-5-4-9(10)17-6-8(15(20)21)12(18)13(22-2)11(17)14(16)19;;;/h4-5,8,10,16-17H,3,6-7,9,11H2,1-2H3,(H,25,29);3-4,7,9,15-16,28H,2,5-6,8,10H2,1H3,(H,24,29);6,9-10H,3-5,7H2,1-2H3,(H,20,21);2*1H;/q;;;;;+2/p-2/t16-,17+;15-,16+;9-,10+;;;/m000.../s1. The van der Waals surface area contributed by atoms with Crippen LogP contribution in [0.3, 0.4) is 0 Å². The number of carboxylic acids is 1. The molecule has 3 fully saturated rings. The number of halogens is 6. The van der Waals surface area contributed by atoms with Crippen LogP contribution in [0.15, 0.2) is 69.4 Å². The van der Waals surface area contributed by atoms with Gasteiger partial charge in [-0.25, -0.2) is 22.4 Å². The Morgan fingerprint density at radius 2 is 0.876 bits per heavy atom. The Kier molecular flexibility index (Phi) is 24.0. The first-order valence-electron chi connectivity index (χ1n) is 27.7. The largest absolute Gasteiger partial charge is 2.00 e. The number of ether oxygens (including phenoxy) is 5. The van der Waals surface area contributed by atoms with Gasteiger partial charge in [0.25, 0.3) is 29.5 Å². The molecule has 0 bridgehead atoms. The van der Waals surface area contributed by atoms with Crippen LogP contribution in [0.2, 0.25) is 0 Å². The number of nitrogens with one attached hydrogen (secondary N) is 2. The van der Waals surface area contributed by atoms with E-state index in [-0.39, 0.29) is 169 Å². The summed E-state index contributed by atoms with van der Waals surface area (Å²) < 4.78 is 85.5. The summed E-state index contributed by atoms with van der Waals surface area (Å²) in [5.41, 5.74) is -3.31. The third-order valence-corrected chi connectivity index (χ3v) is 16.2. The number of aromatic hydroxyl groups is 1. The smallest absolute Gasteiger partial charge is 1.00 e. The van der Waals surface area contributed by atoms with Crippen molar-refractivity contribution in [3.05, 3.63) is 154 Å². The number of carbonyl (C=O) groups is 6. The molecule has 0 unspecified atom stereocenters. The number of likely N-dealkylation sites (N-methyl/N-ethyl adjacent to an activating group) is 3. The Hall–Kier alpha value is -7.16. The minimum atomic E-state index is -1.34. The average Bonchev–Trinajstić information content (AvgIpc) is 0.784. The van der Waals surface area contributed by atoms with Gasteiger partial charge in [0.1, 0.15) is 40.0 Å². The third kappa shape index (κ3) is 13.7. The molecule has 0 saturated carbocycles. The first-order valence-corrected chi connectivity index (χ1v) is 27.7. The van der Waals surface area contributed by atoms with E-state index in [0.717, 1.165) is 12.1 Å². The van der Waals surface area contributed by atoms with Gasteiger partial charge >= 0.3 is 29.0 Å².